The van der Waals surface area contributed by atoms with Crippen LogP contribution in [0.2, 0.25) is 0 Å². The molecular formula is C11H25N3O3S. The summed E-state index contributed by atoms with van der Waals surface area (Å²) in [6.07, 6.45) is 2.01. The maximum atomic E-state index is 11.9. The Bertz CT molecular complexity index is 321. The summed E-state index contributed by atoms with van der Waals surface area (Å²) in [6.45, 7) is 5.82. The van der Waals surface area contributed by atoms with Crippen molar-refractivity contribution in [2.75, 3.05) is 46.4 Å². The molecule has 1 aliphatic heterocycles. The van der Waals surface area contributed by atoms with Crippen molar-refractivity contribution in [3.8, 4) is 0 Å². The fourth-order valence-corrected chi connectivity index (χ4v) is 3.49. The van der Waals surface area contributed by atoms with Gasteiger partial charge < -0.3 is 10.1 Å². The molecule has 18 heavy (non-hydrogen) atoms. The van der Waals surface area contributed by atoms with Crippen molar-refractivity contribution in [3.05, 3.63) is 0 Å². The van der Waals surface area contributed by atoms with Gasteiger partial charge in [-0.2, -0.15) is 12.7 Å². The lowest BCUT2D eigenvalue weighted by Gasteiger charge is -2.31. The Labute approximate surface area is 110 Å². The Morgan fingerprint density at radius 3 is 2.89 bits per heavy atom. The van der Waals surface area contributed by atoms with Gasteiger partial charge >= 0.3 is 0 Å². The minimum atomic E-state index is -3.27. The highest BCUT2D eigenvalue weighted by Gasteiger charge is 2.27. The molecule has 1 unspecified atom stereocenters. The smallest absolute Gasteiger partial charge is 0.279 e. The average Bonchev–Trinajstić information content (AvgIpc) is 2.35. The standard InChI is InChI=1S/C11H25N3O3S/c1-3-13-18(15,16)14-7-4-5-11(10-14)9-12-6-8-17-2/h11-13H,3-10H2,1-2H3. The van der Waals surface area contributed by atoms with E-state index in [9.17, 15) is 8.42 Å². The first-order valence-electron chi connectivity index (χ1n) is 6.54. The van der Waals surface area contributed by atoms with Crippen LogP contribution in [0.5, 0.6) is 0 Å². The van der Waals surface area contributed by atoms with Crippen LogP contribution in [0.3, 0.4) is 0 Å². The molecule has 0 saturated carbocycles. The predicted octanol–water partition coefficient (Wildman–Crippen LogP) is -0.211. The number of ether oxygens (including phenoxy) is 1. The topological polar surface area (TPSA) is 70.7 Å². The van der Waals surface area contributed by atoms with Gasteiger partial charge in [0.15, 0.2) is 0 Å². The molecule has 0 spiro atoms. The van der Waals surface area contributed by atoms with Gasteiger partial charge in [0, 0.05) is 33.3 Å². The van der Waals surface area contributed by atoms with Crippen molar-refractivity contribution >= 4 is 10.2 Å². The predicted molar refractivity (Wildman–Crippen MR) is 71.6 cm³/mol. The van der Waals surface area contributed by atoms with Crippen LogP contribution in [-0.2, 0) is 14.9 Å². The van der Waals surface area contributed by atoms with E-state index in [4.69, 9.17) is 4.74 Å². The summed E-state index contributed by atoms with van der Waals surface area (Å²) < 4.78 is 32.8. The number of nitrogens with one attached hydrogen (secondary N) is 2. The molecule has 0 bridgehead atoms. The van der Waals surface area contributed by atoms with Crippen LogP contribution in [0.1, 0.15) is 19.8 Å². The van der Waals surface area contributed by atoms with Crippen LogP contribution in [0.4, 0.5) is 0 Å². The van der Waals surface area contributed by atoms with Gasteiger partial charge in [-0.1, -0.05) is 6.92 Å². The quantitative estimate of drug-likeness (QED) is 0.603. The van der Waals surface area contributed by atoms with Gasteiger partial charge in [-0.15, -0.1) is 0 Å². The first-order chi connectivity index (χ1) is 8.60. The Kier molecular flexibility index (Phi) is 7.10. The second-order valence-corrected chi connectivity index (χ2v) is 6.32. The summed E-state index contributed by atoms with van der Waals surface area (Å²) >= 11 is 0. The van der Waals surface area contributed by atoms with Gasteiger partial charge in [-0.3, -0.25) is 0 Å². The lowest BCUT2D eigenvalue weighted by Crippen LogP contribution is -2.47. The lowest BCUT2D eigenvalue weighted by atomic mass is 10.00. The third-order valence-electron chi connectivity index (χ3n) is 3.06. The zero-order chi connectivity index (χ0) is 13.4. The number of nitrogens with zero attached hydrogens (tertiary/aromatic N) is 1. The maximum absolute atomic E-state index is 11.9. The summed E-state index contributed by atoms with van der Waals surface area (Å²) in [5.74, 6) is 0.393. The average molecular weight is 279 g/mol. The Morgan fingerprint density at radius 1 is 1.44 bits per heavy atom. The largest absolute Gasteiger partial charge is 0.383 e. The molecular weight excluding hydrogens is 254 g/mol. The fourth-order valence-electron chi connectivity index (χ4n) is 2.17. The third kappa shape index (κ3) is 5.19. The summed E-state index contributed by atoms with van der Waals surface area (Å²) in [5, 5.41) is 3.29. The Balaban J connectivity index is 2.36. The van der Waals surface area contributed by atoms with Gasteiger partial charge in [0.1, 0.15) is 0 Å². The molecule has 1 heterocycles. The molecule has 0 amide bonds. The SMILES string of the molecule is CCNS(=O)(=O)N1CCCC(CNCCOC)C1. The maximum Gasteiger partial charge on any atom is 0.279 e. The molecule has 0 aliphatic carbocycles. The van der Waals surface area contributed by atoms with Crippen molar-refractivity contribution in [2.24, 2.45) is 5.92 Å². The highest BCUT2D eigenvalue weighted by molar-refractivity contribution is 7.87. The molecule has 7 heteroatoms. The molecule has 2 N–H and O–H groups in total. The number of hydrogen-bond acceptors (Lipinski definition) is 4. The Morgan fingerprint density at radius 2 is 2.22 bits per heavy atom. The van der Waals surface area contributed by atoms with E-state index in [2.05, 4.69) is 10.0 Å². The van der Waals surface area contributed by atoms with E-state index in [1.807, 2.05) is 0 Å². The summed E-state index contributed by atoms with van der Waals surface area (Å²) in [4.78, 5) is 0. The second kappa shape index (κ2) is 8.06. The van der Waals surface area contributed by atoms with Crippen LogP contribution < -0.4 is 10.0 Å². The van der Waals surface area contributed by atoms with Crippen molar-refractivity contribution in [1.29, 1.82) is 0 Å². The lowest BCUT2D eigenvalue weighted by molar-refractivity contribution is 0.193. The fraction of sp³-hybridized carbons (Fsp3) is 1.00. The monoisotopic (exact) mass is 279 g/mol. The first-order valence-corrected chi connectivity index (χ1v) is 7.98. The van der Waals surface area contributed by atoms with E-state index in [-0.39, 0.29) is 0 Å². The summed E-state index contributed by atoms with van der Waals surface area (Å²) in [6, 6.07) is 0. The molecule has 1 saturated heterocycles. The first kappa shape index (κ1) is 15.8. The normalized spacial score (nSPS) is 22.2. The number of rotatable bonds is 8. The molecule has 1 fully saturated rings. The van der Waals surface area contributed by atoms with Crippen molar-refractivity contribution in [2.45, 2.75) is 19.8 Å². The van der Waals surface area contributed by atoms with Gasteiger partial charge in [0.2, 0.25) is 0 Å². The molecule has 1 aliphatic rings. The van der Waals surface area contributed by atoms with Gasteiger partial charge in [-0.25, -0.2) is 4.72 Å². The minimum absolute atomic E-state index is 0.393. The zero-order valence-corrected chi connectivity index (χ0v) is 12.1. The third-order valence-corrected chi connectivity index (χ3v) is 4.73. The van der Waals surface area contributed by atoms with Gasteiger partial charge in [0.05, 0.1) is 6.61 Å². The number of methoxy groups -OCH3 is 1. The molecule has 0 aromatic heterocycles. The van der Waals surface area contributed by atoms with E-state index in [1.165, 1.54) is 0 Å². The Hall–Kier alpha value is -0.210. The molecule has 108 valence electrons. The number of hydrogen-bond donors (Lipinski definition) is 2. The minimum Gasteiger partial charge on any atom is -0.383 e. The summed E-state index contributed by atoms with van der Waals surface area (Å²) in [7, 11) is -1.60. The van der Waals surface area contributed by atoms with Crippen molar-refractivity contribution in [3.63, 3.8) is 0 Å². The van der Waals surface area contributed by atoms with Gasteiger partial charge in [0.25, 0.3) is 10.2 Å². The van der Waals surface area contributed by atoms with Crippen molar-refractivity contribution in [1.82, 2.24) is 14.3 Å². The van der Waals surface area contributed by atoms with Gasteiger partial charge in [-0.05, 0) is 25.3 Å². The van der Waals surface area contributed by atoms with Crippen LogP contribution >= 0.6 is 0 Å². The van der Waals surface area contributed by atoms with E-state index in [0.29, 0.717) is 32.2 Å². The second-order valence-electron chi connectivity index (χ2n) is 4.57. The van der Waals surface area contributed by atoms with E-state index >= 15 is 0 Å². The van der Waals surface area contributed by atoms with Crippen LogP contribution in [0.25, 0.3) is 0 Å². The van der Waals surface area contributed by atoms with Crippen molar-refractivity contribution < 1.29 is 13.2 Å². The van der Waals surface area contributed by atoms with E-state index in [0.717, 1.165) is 25.9 Å². The van der Waals surface area contributed by atoms with Crippen LogP contribution in [-0.4, -0.2) is 59.2 Å². The molecule has 6 nitrogen and oxygen atoms in total. The highest BCUT2D eigenvalue weighted by atomic mass is 32.2. The van der Waals surface area contributed by atoms with E-state index < -0.39 is 10.2 Å². The molecule has 0 aromatic carbocycles. The molecule has 0 radical (unpaired) electrons. The summed E-state index contributed by atoms with van der Waals surface area (Å²) in [5.41, 5.74) is 0. The highest BCUT2D eigenvalue weighted by Crippen LogP contribution is 2.17. The molecule has 1 atom stereocenters. The van der Waals surface area contributed by atoms with E-state index in [1.54, 1.807) is 18.3 Å². The number of piperidine rings is 1. The van der Waals surface area contributed by atoms with Crippen LogP contribution in [0, 0.1) is 5.92 Å². The molecule has 1 rings (SSSR count). The van der Waals surface area contributed by atoms with Crippen LogP contribution in [0.15, 0.2) is 0 Å². The zero-order valence-electron chi connectivity index (χ0n) is 11.3. The molecule has 0 aromatic rings.